The summed E-state index contributed by atoms with van der Waals surface area (Å²) in [5.74, 6) is -2.12. The molecule has 1 aliphatic carbocycles. The molecule has 1 amide bonds. The highest BCUT2D eigenvalue weighted by Gasteiger charge is 2.74. The maximum Gasteiger partial charge on any atom is 0.409 e. The van der Waals surface area contributed by atoms with Crippen molar-refractivity contribution in [2.45, 2.75) is 29.0 Å². The van der Waals surface area contributed by atoms with E-state index in [2.05, 4.69) is 0 Å². The van der Waals surface area contributed by atoms with E-state index >= 15 is 0 Å². The lowest BCUT2D eigenvalue weighted by Crippen LogP contribution is -2.45. The largest absolute Gasteiger partial charge is 0.480 e. The smallest absolute Gasteiger partial charge is 0.409 e. The number of ether oxygens (including phenoxy) is 1. The third-order valence-corrected chi connectivity index (χ3v) is 9.81. The van der Waals surface area contributed by atoms with E-state index in [1.807, 2.05) is 48.5 Å². The van der Waals surface area contributed by atoms with E-state index in [4.69, 9.17) is 4.74 Å². The molecule has 3 atom stereocenters. The Morgan fingerprint density at radius 2 is 1.62 bits per heavy atom. The van der Waals surface area contributed by atoms with E-state index in [1.165, 1.54) is 0 Å². The van der Waals surface area contributed by atoms with Gasteiger partial charge in [0.2, 0.25) is 0 Å². The van der Waals surface area contributed by atoms with E-state index in [0.717, 1.165) is 27.2 Å². The summed E-state index contributed by atoms with van der Waals surface area (Å²) in [5, 5.41) is 4.98. The summed E-state index contributed by atoms with van der Waals surface area (Å²) in [6.07, 6.45) is -7.18. The van der Waals surface area contributed by atoms with Gasteiger partial charge in [0.15, 0.2) is 15.1 Å². The number of likely N-dealkylation sites (tertiary alicyclic amines) is 1. The first kappa shape index (κ1) is 22.7. The number of carboxylic acid groups (broad SMARTS) is 1. The van der Waals surface area contributed by atoms with Gasteiger partial charge in [-0.2, -0.15) is 13.2 Å². The summed E-state index contributed by atoms with van der Waals surface area (Å²) >= 11 is 0. The lowest BCUT2D eigenvalue weighted by atomic mass is 9.81. The van der Waals surface area contributed by atoms with Gasteiger partial charge in [-0.3, -0.25) is 4.79 Å². The highest BCUT2D eigenvalue weighted by Crippen LogP contribution is 2.57. The summed E-state index contributed by atoms with van der Waals surface area (Å²) in [7, 11) is -4.65. The van der Waals surface area contributed by atoms with Gasteiger partial charge in [-0.15, -0.1) is 0 Å². The summed E-state index contributed by atoms with van der Waals surface area (Å²) in [6, 6.07) is 15.1. The first-order chi connectivity index (χ1) is 16.0. The summed E-state index contributed by atoms with van der Waals surface area (Å²) in [6.45, 7) is -1.85. The first-order valence-corrected chi connectivity index (χ1v) is 12.2. The lowest BCUT2D eigenvalue weighted by Gasteiger charge is -2.30. The average Bonchev–Trinajstić information content (AvgIpc) is 3.40. The van der Waals surface area contributed by atoms with Crippen LogP contribution in [0.25, 0.3) is 11.1 Å². The Balaban J connectivity index is 1.37. The molecule has 0 radical (unpaired) electrons. The number of nitrogens with zero attached hydrogens (tertiary/aromatic N) is 1. The van der Waals surface area contributed by atoms with E-state index in [0.29, 0.717) is 0 Å². The van der Waals surface area contributed by atoms with Crippen LogP contribution in [0.5, 0.6) is 0 Å². The molecule has 2 aromatic rings. The van der Waals surface area contributed by atoms with Crippen LogP contribution in [0.3, 0.4) is 0 Å². The number of carboxylic acids is 1. The Morgan fingerprint density at radius 3 is 2.12 bits per heavy atom. The number of aliphatic carboxylic acids is 1. The Kier molecular flexibility index (Phi) is 4.98. The molecule has 1 N–H and O–H groups in total. The van der Waals surface area contributed by atoms with Crippen molar-refractivity contribution < 1.29 is 41.0 Å². The fraction of sp³-hybridized carbons (Fsp3) is 0.391. The van der Waals surface area contributed by atoms with Crippen molar-refractivity contribution in [1.29, 1.82) is 0 Å². The molecule has 0 aromatic heterocycles. The molecule has 180 valence electrons. The zero-order valence-electron chi connectivity index (χ0n) is 17.7. The standard InChI is InChI=1S/C23H20F3NO6S/c24-23(25,26)22-9-18(20(28)29)34(31,32)19(22)10-27(12-22)21(30)33-11-17-15-7-3-1-5-13(15)14-6-2-4-8-16(14)17/h1-8,17-19H,9-12H2,(H,28,29)/t18?,19-,22-/m0/s1. The maximum absolute atomic E-state index is 14.0. The van der Waals surface area contributed by atoms with Gasteiger partial charge < -0.3 is 14.7 Å². The molecule has 2 aliphatic heterocycles. The van der Waals surface area contributed by atoms with Crippen LogP contribution in [0, 0.1) is 5.41 Å². The number of hydrogen-bond acceptors (Lipinski definition) is 5. The number of carbonyl (C=O) groups excluding carboxylic acids is 1. The van der Waals surface area contributed by atoms with Gasteiger partial charge in [-0.05, 0) is 28.7 Å². The van der Waals surface area contributed by atoms with Gasteiger partial charge in [0.05, 0.1) is 5.25 Å². The van der Waals surface area contributed by atoms with Crippen molar-refractivity contribution >= 4 is 21.9 Å². The molecule has 2 fully saturated rings. The number of carbonyl (C=O) groups is 2. The zero-order chi connectivity index (χ0) is 24.5. The second-order valence-corrected chi connectivity index (χ2v) is 11.3. The van der Waals surface area contributed by atoms with E-state index in [1.54, 1.807) is 0 Å². The quantitative estimate of drug-likeness (QED) is 0.700. The van der Waals surface area contributed by atoms with Gasteiger partial charge in [-0.1, -0.05) is 48.5 Å². The predicted octanol–water partition coefficient (Wildman–Crippen LogP) is 3.44. The average molecular weight is 495 g/mol. The van der Waals surface area contributed by atoms with Gasteiger partial charge in [0, 0.05) is 19.0 Å². The normalized spacial score (nSPS) is 27.2. The van der Waals surface area contributed by atoms with Crippen LogP contribution >= 0.6 is 0 Å². The highest BCUT2D eigenvalue weighted by atomic mass is 32.2. The SMILES string of the molecule is O=C(O)C1C[C@]2(C(F)(F)F)CN(C(=O)OCC3c4ccccc4-c4ccccc43)C[C@@H]2S1(=O)=O. The molecule has 5 rings (SSSR count). The molecule has 7 nitrogen and oxygen atoms in total. The van der Waals surface area contributed by atoms with Gasteiger partial charge in [0.1, 0.15) is 12.0 Å². The van der Waals surface area contributed by atoms with Crippen molar-refractivity contribution in [1.82, 2.24) is 4.90 Å². The molecular weight excluding hydrogens is 475 g/mol. The van der Waals surface area contributed by atoms with Crippen LogP contribution in [-0.2, 0) is 19.4 Å². The molecule has 2 aromatic carbocycles. The fourth-order valence-electron chi connectivity index (χ4n) is 5.58. The lowest BCUT2D eigenvalue weighted by molar-refractivity contribution is -0.217. The van der Waals surface area contributed by atoms with Crippen LogP contribution in [-0.4, -0.2) is 66.9 Å². The van der Waals surface area contributed by atoms with Crippen molar-refractivity contribution in [2.75, 3.05) is 19.7 Å². The number of hydrogen-bond donors (Lipinski definition) is 1. The maximum atomic E-state index is 14.0. The van der Waals surface area contributed by atoms with Crippen molar-refractivity contribution in [3.63, 3.8) is 0 Å². The van der Waals surface area contributed by atoms with E-state index in [9.17, 15) is 36.3 Å². The van der Waals surface area contributed by atoms with Gasteiger partial charge in [-0.25, -0.2) is 13.2 Å². The fourth-order valence-corrected chi connectivity index (χ4v) is 8.11. The zero-order valence-corrected chi connectivity index (χ0v) is 18.5. The van der Waals surface area contributed by atoms with Gasteiger partial charge in [0.25, 0.3) is 0 Å². The third-order valence-electron chi connectivity index (χ3n) is 7.25. The molecule has 0 spiro atoms. The molecule has 11 heteroatoms. The number of alkyl halides is 3. The summed E-state index contributed by atoms with van der Waals surface area (Å²) < 4.78 is 72.8. The number of benzene rings is 2. The highest BCUT2D eigenvalue weighted by molar-refractivity contribution is 7.93. The number of sulfone groups is 1. The minimum atomic E-state index is -5.01. The van der Waals surface area contributed by atoms with Crippen LogP contribution in [0.4, 0.5) is 18.0 Å². The molecule has 34 heavy (non-hydrogen) atoms. The summed E-state index contributed by atoms with van der Waals surface area (Å²) in [4.78, 5) is 24.8. The first-order valence-electron chi connectivity index (χ1n) is 10.6. The van der Waals surface area contributed by atoms with E-state index < -0.39 is 63.5 Å². The third kappa shape index (κ3) is 3.13. The molecule has 1 unspecified atom stereocenters. The van der Waals surface area contributed by atoms with Crippen LogP contribution in [0.1, 0.15) is 23.5 Å². The number of amides is 1. The molecule has 2 heterocycles. The van der Waals surface area contributed by atoms with Crippen LogP contribution in [0.2, 0.25) is 0 Å². The second kappa shape index (κ2) is 7.46. The predicted molar refractivity (Wildman–Crippen MR) is 114 cm³/mol. The Hall–Kier alpha value is -3.08. The minimum absolute atomic E-state index is 0.127. The van der Waals surface area contributed by atoms with Crippen LogP contribution < -0.4 is 0 Å². The molecular formula is C23H20F3NO6S. The Bertz CT molecular complexity index is 1250. The molecule has 0 saturated carbocycles. The van der Waals surface area contributed by atoms with Crippen molar-refractivity contribution in [3.8, 4) is 11.1 Å². The summed E-state index contributed by atoms with van der Waals surface area (Å²) in [5.41, 5.74) is 0.982. The number of fused-ring (bicyclic) bond motifs is 4. The monoisotopic (exact) mass is 495 g/mol. The van der Waals surface area contributed by atoms with Crippen molar-refractivity contribution in [3.05, 3.63) is 59.7 Å². The molecule has 0 bridgehead atoms. The van der Waals surface area contributed by atoms with Crippen LogP contribution in [0.15, 0.2) is 48.5 Å². The Labute approximate surface area is 193 Å². The minimum Gasteiger partial charge on any atom is -0.480 e. The second-order valence-electron chi connectivity index (χ2n) is 8.95. The number of halogens is 3. The molecule has 3 aliphatic rings. The Morgan fingerprint density at radius 1 is 1.06 bits per heavy atom. The van der Waals surface area contributed by atoms with Crippen molar-refractivity contribution in [2.24, 2.45) is 5.41 Å². The van der Waals surface area contributed by atoms with Gasteiger partial charge >= 0.3 is 18.2 Å². The van der Waals surface area contributed by atoms with E-state index in [-0.39, 0.29) is 12.5 Å². The topological polar surface area (TPSA) is 101 Å². The molecule has 2 saturated heterocycles. The number of rotatable bonds is 3.